The fraction of sp³-hybridized carbons (Fsp3) is 0.321. The van der Waals surface area contributed by atoms with E-state index in [1.165, 1.54) is 9.87 Å². The van der Waals surface area contributed by atoms with Gasteiger partial charge in [0.05, 0.1) is 23.7 Å². The summed E-state index contributed by atoms with van der Waals surface area (Å²) < 4.78 is 40.0. The van der Waals surface area contributed by atoms with Crippen molar-refractivity contribution in [2.75, 3.05) is 24.0 Å². The van der Waals surface area contributed by atoms with E-state index in [1.807, 2.05) is 44.2 Å². The predicted octanol–water partition coefficient (Wildman–Crippen LogP) is 4.41. The van der Waals surface area contributed by atoms with Gasteiger partial charge in [0.15, 0.2) is 6.10 Å². The summed E-state index contributed by atoms with van der Waals surface area (Å²) in [6.45, 7) is 6.34. The Bertz CT molecular complexity index is 1300. The van der Waals surface area contributed by atoms with Crippen molar-refractivity contribution in [3.05, 3.63) is 83.4 Å². The first kappa shape index (κ1) is 25.6. The highest BCUT2D eigenvalue weighted by Gasteiger charge is 2.37. The lowest BCUT2D eigenvalue weighted by atomic mass is 10.1. The minimum absolute atomic E-state index is 0.127. The van der Waals surface area contributed by atoms with Gasteiger partial charge in [-0.15, -0.1) is 0 Å². The molecule has 1 atom stereocenters. The summed E-state index contributed by atoms with van der Waals surface area (Å²) in [4.78, 5) is 13.1. The van der Waals surface area contributed by atoms with Crippen molar-refractivity contribution in [2.24, 2.45) is 0 Å². The Morgan fingerprint density at radius 1 is 1.03 bits per heavy atom. The first-order valence-electron chi connectivity index (χ1n) is 12.1. The van der Waals surface area contributed by atoms with Gasteiger partial charge < -0.3 is 14.8 Å². The van der Waals surface area contributed by atoms with E-state index in [1.54, 1.807) is 36.4 Å². The molecule has 0 spiro atoms. The first-order chi connectivity index (χ1) is 17.3. The molecule has 3 aromatic rings. The van der Waals surface area contributed by atoms with Gasteiger partial charge in [-0.05, 0) is 67.8 Å². The van der Waals surface area contributed by atoms with E-state index in [-0.39, 0.29) is 24.6 Å². The van der Waals surface area contributed by atoms with Crippen LogP contribution in [-0.4, -0.2) is 40.1 Å². The van der Waals surface area contributed by atoms with Crippen LogP contribution in [0.2, 0.25) is 0 Å². The van der Waals surface area contributed by atoms with Gasteiger partial charge in [0, 0.05) is 0 Å². The van der Waals surface area contributed by atoms with Gasteiger partial charge in [0.1, 0.15) is 18.1 Å². The lowest BCUT2D eigenvalue weighted by Gasteiger charge is -2.35. The van der Waals surface area contributed by atoms with Crippen LogP contribution < -0.4 is 19.1 Å². The molecule has 1 aliphatic rings. The molecule has 36 heavy (non-hydrogen) atoms. The van der Waals surface area contributed by atoms with Crippen LogP contribution in [-0.2, 0) is 21.2 Å². The van der Waals surface area contributed by atoms with Crippen LogP contribution in [0.1, 0.15) is 30.0 Å². The number of rotatable bonds is 9. The molecule has 7 nitrogen and oxygen atoms in total. The van der Waals surface area contributed by atoms with Crippen molar-refractivity contribution < 1.29 is 22.7 Å². The predicted molar refractivity (Wildman–Crippen MR) is 140 cm³/mol. The van der Waals surface area contributed by atoms with Crippen LogP contribution in [0.25, 0.3) is 0 Å². The highest BCUT2D eigenvalue weighted by Crippen LogP contribution is 2.37. The van der Waals surface area contributed by atoms with Crippen LogP contribution in [0.5, 0.6) is 11.5 Å². The Balaban J connectivity index is 1.43. The number of hydrogen-bond donors (Lipinski definition) is 1. The number of benzene rings is 3. The zero-order valence-electron chi connectivity index (χ0n) is 20.9. The number of sulfonamides is 1. The van der Waals surface area contributed by atoms with Crippen LogP contribution in [0.3, 0.4) is 0 Å². The Hall–Kier alpha value is -3.52. The van der Waals surface area contributed by atoms with E-state index >= 15 is 0 Å². The largest absolute Gasteiger partial charge is 0.492 e. The molecule has 1 unspecified atom stereocenters. The molecule has 190 valence electrons. The highest BCUT2D eigenvalue weighted by atomic mass is 32.2. The molecule has 1 aliphatic heterocycles. The van der Waals surface area contributed by atoms with Crippen molar-refractivity contribution in [1.29, 1.82) is 0 Å². The summed E-state index contributed by atoms with van der Waals surface area (Å²) in [6, 6.07) is 19.9. The number of nitrogens with one attached hydrogen (secondary N) is 1. The minimum Gasteiger partial charge on any atom is -0.492 e. The molecule has 1 amide bonds. The van der Waals surface area contributed by atoms with E-state index in [9.17, 15) is 13.2 Å². The molecule has 0 radical (unpaired) electrons. The number of nitrogens with zero attached hydrogens (tertiary/aromatic N) is 1. The van der Waals surface area contributed by atoms with Crippen LogP contribution in [0.15, 0.2) is 71.6 Å². The van der Waals surface area contributed by atoms with Crippen LogP contribution >= 0.6 is 0 Å². The Labute approximate surface area is 213 Å². The number of aryl methyl sites for hydroxylation is 3. The topological polar surface area (TPSA) is 84.9 Å². The SMILES string of the molecule is CCCc1ccc(OCCNC(=O)C2CN(S(=O)(=O)c3ccc(C)cc3)c3cc(C)ccc3O2)cc1. The number of anilines is 1. The summed E-state index contributed by atoms with van der Waals surface area (Å²) >= 11 is 0. The maximum absolute atomic E-state index is 13.5. The van der Waals surface area contributed by atoms with E-state index in [2.05, 4.69) is 12.2 Å². The zero-order valence-corrected chi connectivity index (χ0v) is 21.7. The van der Waals surface area contributed by atoms with Gasteiger partial charge in [-0.2, -0.15) is 0 Å². The number of carbonyl (C=O) groups is 1. The van der Waals surface area contributed by atoms with E-state index < -0.39 is 22.0 Å². The van der Waals surface area contributed by atoms with Crippen molar-refractivity contribution in [3.63, 3.8) is 0 Å². The Morgan fingerprint density at radius 3 is 2.42 bits per heavy atom. The Morgan fingerprint density at radius 2 is 1.72 bits per heavy atom. The van der Waals surface area contributed by atoms with Crippen LogP contribution in [0, 0.1) is 13.8 Å². The summed E-state index contributed by atoms with van der Waals surface area (Å²) in [5.74, 6) is 0.691. The molecule has 0 aromatic heterocycles. The molecule has 0 saturated carbocycles. The lowest BCUT2D eigenvalue weighted by molar-refractivity contribution is -0.127. The fourth-order valence-electron chi connectivity index (χ4n) is 4.06. The first-order valence-corrected chi connectivity index (χ1v) is 13.6. The number of hydrogen-bond acceptors (Lipinski definition) is 5. The minimum atomic E-state index is -3.90. The molecular weight excluding hydrogens is 476 g/mol. The fourth-order valence-corrected chi connectivity index (χ4v) is 5.53. The second kappa shape index (κ2) is 11.0. The van der Waals surface area contributed by atoms with Gasteiger partial charge in [0.2, 0.25) is 0 Å². The molecule has 1 N–H and O–H groups in total. The average Bonchev–Trinajstić information content (AvgIpc) is 2.87. The molecule has 8 heteroatoms. The molecule has 0 fully saturated rings. The third-order valence-corrected chi connectivity index (χ3v) is 7.81. The van der Waals surface area contributed by atoms with Gasteiger partial charge in [-0.3, -0.25) is 9.10 Å². The third kappa shape index (κ3) is 5.82. The molecule has 1 heterocycles. The number of carbonyl (C=O) groups excluding carboxylic acids is 1. The highest BCUT2D eigenvalue weighted by molar-refractivity contribution is 7.92. The van der Waals surface area contributed by atoms with E-state index in [0.717, 1.165) is 29.7 Å². The van der Waals surface area contributed by atoms with Crippen molar-refractivity contribution in [3.8, 4) is 11.5 Å². The standard InChI is InChI=1S/C28H32N2O5S/c1-4-5-22-9-11-23(12-10-22)34-17-16-29-28(31)27-19-30(25-18-21(3)8-15-26(25)35-27)36(32,33)24-13-6-20(2)7-14-24/h6-15,18,27H,4-5,16-17,19H2,1-3H3,(H,29,31). The van der Waals surface area contributed by atoms with Crippen LogP contribution in [0.4, 0.5) is 5.69 Å². The maximum atomic E-state index is 13.5. The number of ether oxygens (including phenoxy) is 2. The average molecular weight is 509 g/mol. The summed E-state index contributed by atoms with van der Waals surface area (Å²) in [5.41, 5.74) is 3.54. The normalized spacial score (nSPS) is 15.1. The summed E-state index contributed by atoms with van der Waals surface area (Å²) in [7, 11) is -3.90. The van der Waals surface area contributed by atoms with Gasteiger partial charge in [-0.1, -0.05) is 49.2 Å². The van der Waals surface area contributed by atoms with Crippen molar-refractivity contribution in [1.82, 2.24) is 5.32 Å². The molecule has 0 saturated heterocycles. The van der Waals surface area contributed by atoms with Gasteiger partial charge >= 0.3 is 0 Å². The number of fused-ring (bicyclic) bond motifs is 1. The third-order valence-electron chi connectivity index (χ3n) is 6.02. The quantitative estimate of drug-likeness (QED) is 0.433. The monoisotopic (exact) mass is 508 g/mol. The maximum Gasteiger partial charge on any atom is 0.264 e. The second-order valence-corrected chi connectivity index (χ2v) is 10.8. The smallest absolute Gasteiger partial charge is 0.264 e. The zero-order chi connectivity index (χ0) is 25.7. The summed E-state index contributed by atoms with van der Waals surface area (Å²) in [6.07, 6.45) is 1.12. The Kier molecular flexibility index (Phi) is 7.84. The molecule has 3 aromatic carbocycles. The number of amides is 1. The van der Waals surface area contributed by atoms with Crippen molar-refractivity contribution in [2.45, 2.75) is 44.6 Å². The second-order valence-electron chi connectivity index (χ2n) is 8.96. The lowest BCUT2D eigenvalue weighted by Crippen LogP contribution is -2.51. The molecule has 0 bridgehead atoms. The molecule has 0 aliphatic carbocycles. The van der Waals surface area contributed by atoms with E-state index in [0.29, 0.717) is 11.4 Å². The van der Waals surface area contributed by atoms with E-state index in [4.69, 9.17) is 9.47 Å². The van der Waals surface area contributed by atoms with Crippen molar-refractivity contribution >= 4 is 21.6 Å². The molecule has 4 rings (SSSR count). The molecular formula is C28H32N2O5S. The summed E-state index contributed by atoms with van der Waals surface area (Å²) in [5, 5.41) is 2.81. The van der Waals surface area contributed by atoms with Gasteiger partial charge in [0.25, 0.3) is 15.9 Å². The van der Waals surface area contributed by atoms with Gasteiger partial charge in [-0.25, -0.2) is 8.42 Å².